The SMILES string of the molecule is Cc1nc(CCc2ncnn2-c2cccc(Cl)c2)n[nH]1. The predicted molar refractivity (Wildman–Crippen MR) is 74.9 cm³/mol. The first-order valence-corrected chi connectivity index (χ1v) is 6.63. The van der Waals surface area contributed by atoms with Crippen LogP contribution in [-0.4, -0.2) is 29.9 Å². The van der Waals surface area contributed by atoms with Gasteiger partial charge in [-0.3, -0.25) is 5.10 Å². The number of aromatic amines is 1. The van der Waals surface area contributed by atoms with Crippen LogP contribution in [0.1, 0.15) is 17.5 Å². The summed E-state index contributed by atoms with van der Waals surface area (Å²) in [5.41, 5.74) is 0.899. The molecule has 0 aliphatic carbocycles. The van der Waals surface area contributed by atoms with Crippen LogP contribution >= 0.6 is 11.6 Å². The zero-order valence-corrected chi connectivity index (χ0v) is 11.7. The number of nitrogens with one attached hydrogen (secondary N) is 1. The number of aromatic nitrogens is 6. The van der Waals surface area contributed by atoms with Crippen molar-refractivity contribution >= 4 is 11.6 Å². The lowest BCUT2D eigenvalue weighted by Crippen LogP contribution is -2.05. The van der Waals surface area contributed by atoms with E-state index in [0.717, 1.165) is 23.2 Å². The highest BCUT2D eigenvalue weighted by molar-refractivity contribution is 6.30. The van der Waals surface area contributed by atoms with E-state index in [4.69, 9.17) is 11.6 Å². The Labute approximate surface area is 120 Å². The van der Waals surface area contributed by atoms with Crippen molar-refractivity contribution in [2.24, 2.45) is 0 Å². The fourth-order valence-electron chi connectivity index (χ4n) is 1.98. The third-order valence-electron chi connectivity index (χ3n) is 2.89. The Balaban J connectivity index is 1.80. The van der Waals surface area contributed by atoms with E-state index in [2.05, 4.69) is 25.3 Å². The molecule has 0 spiro atoms. The van der Waals surface area contributed by atoms with Crippen LogP contribution in [0.3, 0.4) is 0 Å². The van der Waals surface area contributed by atoms with Gasteiger partial charge in [0.25, 0.3) is 0 Å². The molecule has 6 nitrogen and oxygen atoms in total. The second-order valence-corrected chi connectivity index (χ2v) is 4.84. The molecule has 0 fully saturated rings. The third-order valence-corrected chi connectivity index (χ3v) is 3.12. The molecule has 7 heteroatoms. The van der Waals surface area contributed by atoms with Gasteiger partial charge in [-0.1, -0.05) is 17.7 Å². The molecule has 2 heterocycles. The fraction of sp³-hybridized carbons (Fsp3) is 0.231. The van der Waals surface area contributed by atoms with Crippen molar-refractivity contribution < 1.29 is 0 Å². The lowest BCUT2D eigenvalue weighted by molar-refractivity contribution is 0.750. The fourth-order valence-corrected chi connectivity index (χ4v) is 2.17. The summed E-state index contributed by atoms with van der Waals surface area (Å²) >= 11 is 6.00. The summed E-state index contributed by atoms with van der Waals surface area (Å²) in [4.78, 5) is 8.57. The van der Waals surface area contributed by atoms with Gasteiger partial charge in [0, 0.05) is 17.9 Å². The number of hydrogen-bond donors (Lipinski definition) is 1. The Morgan fingerprint density at radius 2 is 2.20 bits per heavy atom. The van der Waals surface area contributed by atoms with E-state index in [1.807, 2.05) is 31.2 Å². The number of halogens is 1. The molecule has 0 amide bonds. The summed E-state index contributed by atoms with van der Waals surface area (Å²) in [7, 11) is 0. The standard InChI is InChI=1S/C13H13ClN6/c1-9-17-12(19-18-9)5-6-13-15-8-16-20(13)11-4-2-3-10(14)7-11/h2-4,7-8H,5-6H2,1H3,(H,17,18,19). The maximum atomic E-state index is 6.00. The lowest BCUT2D eigenvalue weighted by Gasteiger charge is -2.05. The van der Waals surface area contributed by atoms with E-state index in [1.165, 1.54) is 0 Å². The summed E-state index contributed by atoms with van der Waals surface area (Å²) in [6, 6.07) is 7.53. The summed E-state index contributed by atoms with van der Waals surface area (Å²) in [6.45, 7) is 1.88. The Morgan fingerprint density at radius 1 is 1.30 bits per heavy atom. The zero-order valence-electron chi connectivity index (χ0n) is 10.9. The Morgan fingerprint density at radius 3 is 2.95 bits per heavy atom. The summed E-state index contributed by atoms with van der Waals surface area (Å²) in [5, 5.41) is 11.9. The second-order valence-electron chi connectivity index (χ2n) is 4.40. The van der Waals surface area contributed by atoms with Crippen LogP contribution in [0.2, 0.25) is 5.02 Å². The van der Waals surface area contributed by atoms with Crippen molar-refractivity contribution in [2.45, 2.75) is 19.8 Å². The lowest BCUT2D eigenvalue weighted by atomic mass is 10.2. The van der Waals surface area contributed by atoms with Gasteiger partial charge in [0.15, 0.2) is 5.82 Å². The molecule has 102 valence electrons. The third kappa shape index (κ3) is 2.70. The van der Waals surface area contributed by atoms with Gasteiger partial charge in [-0.25, -0.2) is 14.6 Å². The average Bonchev–Trinajstić information content (AvgIpc) is 3.05. The quantitative estimate of drug-likeness (QED) is 0.798. The second kappa shape index (κ2) is 5.42. The van der Waals surface area contributed by atoms with Crippen molar-refractivity contribution in [2.75, 3.05) is 0 Å². The zero-order chi connectivity index (χ0) is 13.9. The molecule has 0 saturated heterocycles. The van der Waals surface area contributed by atoms with Gasteiger partial charge in [-0.05, 0) is 25.1 Å². The van der Waals surface area contributed by atoms with Gasteiger partial charge in [0.2, 0.25) is 0 Å². The highest BCUT2D eigenvalue weighted by atomic mass is 35.5. The molecule has 0 aliphatic rings. The van der Waals surface area contributed by atoms with Crippen LogP contribution in [0.4, 0.5) is 0 Å². The van der Waals surface area contributed by atoms with Crippen molar-refractivity contribution in [3.63, 3.8) is 0 Å². The van der Waals surface area contributed by atoms with Crippen molar-refractivity contribution in [3.8, 4) is 5.69 Å². The first-order chi connectivity index (χ1) is 9.72. The highest BCUT2D eigenvalue weighted by Gasteiger charge is 2.09. The van der Waals surface area contributed by atoms with Gasteiger partial charge < -0.3 is 0 Å². The largest absolute Gasteiger partial charge is 0.263 e. The molecular weight excluding hydrogens is 276 g/mol. The summed E-state index contributed by atoms with van der Waals surface area (Å²) < 4.78 is 1.78. The van der Waals surface area contributed by atoms with Crippen LogP contribution < -0.4 is 0 Å². The summed E-state index contributed by atoms with van der Waals surface area (Å²) in [6.07, 6.45) is 2.97. The van der Waals surface area contributed by atoms with Crippen molar-refractivity contribution in [3.05, 3.63) is 53.1 Å². The number of rotatable bonds is 4. The van der Waals surface area contributed by atoms with Crippen LogP contribution in [0.25, 0.3) is 5.69 Å². The molecule has 20 heavy (non-hydrogen) atoms. The molecule has 3 aromatic rings. The maximum absolute atomic E-state index is 6.00. The van der Waals surface area contributed by atoms with Gasteiger partial charge in [-0.2, -0.15) is 10.2 Å². The van der Waals surface area contributed by atoms with Gasteiger partial charge in [0.05, 0.1) is 5.69 Å². The van der Waals surface area contributed by atoms with E-state index in [9.17, 15) is 0 Å². The topological polar surface area (TPSA) is 72.3 Å². The highest BCUT2D eigenvalue weighted by Crippen LogP contribution is 2.15. The molecular formula is C13H13ClN6. The minimum absolute atomic E-state index is 0.675. The van der Waals surface area contributed by atoms with E-state index < -0.39 is 0 Å². The first-order valence-electron chi connectivity index (χ1n) is 6.25. The molecule has 0 unspecified atom stereocenters. The molecule has 3 rings (SSSR count). The number of aryl methyl sites for hydroxylation is 3. The van der Waals surface area contributed by atoms with Gasteiger partial charge >= 0.3 is 0 Å². The number of benzene rings is 1. The molecule has 1 N–H and O–H groups in total. The van der Waals surface area contributed by atoms with E-state index >= 15 is 0 Å². The molecule has 0 bridgehead atoms. The smallest absolute Gasteiger partial charge is 0.151 e. The first kappa shape index (κ1) is 12.8. The minimum atomic E-state index is 0.675. The molecule has 2 aromatic heterocycles. The molecule has 0 atom stereocenters. The Bertz CT molecular complexity index is 717. The Hall–Kier alpha value is -2.21. The van der Waals surface area contributed by atoms with E-state index in [1.54, 1.807) is 11.0 Å². The van der Waals surface area contributed by atoms with E-state index in [0.29, 0.717) is 17.9 Å². The number of nitrogens with zero attached hydrogens (tertiary/aromatic N) is 5. The Kier molecular flexibility index (Phi) is 3.47. The molecule has 0 radical (unpaired) electrons. The van der Waals surface area contributed by atoms with Gasteiger partial charge in [0.1, 0.15) is 18.0 Å². The van der Waals surface area contributed by atoms with Crippen LogP contribution in [0.15, 0.2) is 30.6 Å². The monoisotopic (exact) mass is 288 g/mol. The molecule has 0 saturated carbocycles. The van der Waals surface area contributed by atoms with Crippen molar-refractivity contribution in [1.82, 2.24) is 29.9 Å². The van der Waals surface area contributed by atoms with Crippen LogP contribution in [0.5, 0.6) is 0 Å². The predicted octanol–water partition coefficient (Wildman–Crippen LogP) is 2.13. The van der Waals surface area contributed by atoms with Gasteiger partial charge in [-0.15, -0.1) is 0 Å². The van der Waals surface area contributed by atoms with Crippen LogP contribution in [0, 0.1) is 6.92 Å². The van der Waals surface area contributed by atoms with E-state index in [-0.39, 0.29) is 0 Å². The summed E-state index contributed by atoms with van der Waals surface area (Å²) in [5.74, 6) is 2.45. The maximum Gasteiger partial charge on any atom is 0.151 e. The van der Waals surface area contributed by atoms with Crippen LogP contribution in [-0.2, 0) is 12.8 Å². The minimum Gasteiger partial charge on any atom is -0.263 e. The number of H-pyrrole nitrogens is 1. The van der Waals surface area contributed by atoms with Crippen molar-refractivity contribution in [1.29, 1.82) is 0 Å². The molecule has 0 aliphatic heterocycles. The normalized spacial score (nSPS) is 10.9. The average molecular weight is 289 g/mol. The number of hydrogen-bond acceptors (Lipinski definition) is 4. The molecule has 1 aromatic carbocycles.